The molecule has 0 aromatic heterocycles. The molecule has 0 radical (unpaired) electrons. The Morgan fingerprint density at radius 2 is 1.89 bits per heavy atom. The SMILES string of the molecule is CCc1ccccc1NC(=O)[C@@H](C)N(c1cccc([N+](=O)[O-])c1)S(C)(=O)=O. The molecule has 1 atom stereocenters. The van der Waals surface area contributed by atoms with Crippen molar-refractivity contribution >= 4 is 33.0 Å². The van der Waals surface area contributed by atoms with E-state index in [2.05, 4.69) is 5.32 Å². The van der Waals surface area contributed by atoms with Gasteiger partial charge in [-0.25, -0.2) is 8.42 Å². The molecule has 9 heteroatoms. The lowest BCUT2D eigenvalue weighted by molar-refractivity contribution is -0.384. The summed E-state index contributed by atoms with van der Waals surface area (Å²) in [7, 11) is -3.86. The third-order valence-electron chi connectivity index (χ3n) is 4.04. The Labute approximate surface area is 158 Å². The second kappa shape index (κ2) is 8.17. The van der Waals surface area contributed by atoms with Crippen LogP contribution in [-0.2, 0) is 21.2 Å². The second-order valence-corrected chi connectivity index (χ2v) is 7.87. The average molecular weight is 391 g/mol. The van der Waals surface area contributed by atoms with Gasteiger partial charge in [-0.15, -0.1) is 0 Å². The third kappa shape index (κ3) is 4.82. The Hall–Kier alpha value is -2.94. The van der Waals surface area contributed by atoms with E-state index < -0.39 is 26.9 Å². The van der Waals surface area contributed by atoms with E-state index in [1.165, 1.54) is 25.1 Å². The summed E-state index contributed by atoms with van der Waals surface area (Å²) in [6.07, 6.45) is 1.65. The summed E-state index contributed by atoms with van der Waals surface area (Å²) in [5.41, 5.74) is 1.31. The summed E-state index contributed by atoms with van der Waals surface area (Å²) in [6.45, 7) is 3.38. The molecule has 0 bridgehead atoms. The molecular formula is C18H21N3O5S. The van der Waals surface area contributed by atoms with Crippen LogP contribution in [0, 0.1) is 10.1 Å². The molecule has 0 saturated heterocycles. The Morgan fingerprint density at radius 3 is 2.48 bits per heavy atom. The molecule has 0 unspecified atom stereocenters. The van der Waals surface area contributed by atoms with Crippen LogP contribution >= 0.6 is 0 Å². The molecule has 144 valence electrons. The van der Waals surface area contributed by atoms with E-state index in [-0.39, 0.29) is 11.4 Å². The van der Waals surface area contributed by atoms with Crippen molar-refractivity contribution in [3.8, 4) is 0 Å². The van der Waals surface area contributed by atoms with Gasteiger partial charge in [0.25, 0.3) is 5.69 Å². The van der Waals surface area contributed by atoms with E-state index in [4.69, 9.17) is 0 Å². The number of benzene rings is 2. The maximum Gasteiger partial charge on any atom is 0.271 e. The number of hydrogen-bond acceptors (Lipinski definition) is 5. The van der Waals surface area contributed by atoms with Crippen LogP contribution in [0.1, 0.15) is 19.4 Å². The van der Waals surface area contributed by atoms with Crippen LogP contribution in [0.15, 0.2) is 48.5 Å². The van der Waals surface area contributed by atoms with Crippen molar-refractivity contribution in [1.29, 1.82) is 0 Å². The normalized spacial score (nSPS) is 12.3. The lowest BCUT2D eigenvalue weighted by Crippen LogP contribution is -2.45. The van der Waals surface area contributed by atoms with Gasteiger partial charge in [-0.1, -0.05) is 31.2 Å². The number of nitro groups is 1. The number of anilines is 2. The van der Waals surface area contributed by atoms with E-state index >= 15 is 0 Å². The molecule has 0 spiro atoms. The van der Waals surface area contributed by atoms with Crippen LogP contribution in [0.4, 0.5) is 17.1 Å². The first kappa shape index (κ1) is 20.4. The van der Waals surface area contributed by atoms with E-state index in [1.807, 2.05) is 19.1 Å². The number of carbonyl (C=O) groups excluding carboxylic acids is 1. The fourth-order valence-electron chi connectivity index (χ4n) is 2.74. The van der Waals surface area contributed by atoms with Gasteiger partial charge < -0.3 is 5.32 Å². The van der Waals surface area contributed by atoms with Gasteiger partial charge in [0, 0.05) is 17.8 Å². The number of nitrogens with one attached hydrogen (secondary N) is 1. The summed E-state index contributed by atoms with van der Waals surface area (Å²) >= 11 is 0. The Kier molecular flexibility index (Phi) is 6.17. The van der Waals surface area contributed by atoms with Gasteiger partial charge in [0.05, 0.1) is 16.9 Å². The minimum atomic E-state index is -3.86. The standard InChI is InChI=1S/C18H21N3O5S/c1-4-14-8-5-6-11-17(14)19-18(22)13(2)20(27(3,25)26)15-9-7-10-16(12-15)21(23)24/h5-13H,4H2,1-3H3,(H,19,22)/t13-/m1/s1. The van der Waals surface area contributed by atoms with Crippen LogP contribution in [-0.4, -0.2) is 31.5 Å². The number of nitrogens with zero attached hydrogens (tertiary/aromatic N) is 2. The molecule has 27 heavy (non-hydrogen) atoms. The smallest absolute Gasteiger partial charge is 0.271 e. The summed E-state index contributed by atoms with van der Waals surface area (Å²) in [5.74, 6) is -0.534. The number of non-ortho nitro benzene ring substituents is 1. The van der Waals surface area contributed by atoms with Crippen molar-refractivity contribution in [2.45, 2.75) is 26.3 Å². The number of hydrogen-bond donors (Lipinski definition) is 1. The van der Waals surface area contributed by atoms with Gasteiger partial charge in [0.1, 0.15) is 6.04 Å². The zero-order chi connectivity index (χ0) is 20.2. The molecule has 0 aliphatic heterocycles. The Bertz CT molecular complexity index is 959. The first-order chi connectivity index (χ1) is 12.6. The van der Waals surface area contributed by atoms with Crippen molar-refractivity contribution in [1.82, 2.24) is 0 Å². The molecule has 0 aliphatic carbocycles. The monoisotopic (exact) mass is 391 g/mol. The molecule has 2 aromatic carbocycles. The summed E-state index contributed by atoms with van der Waals surface area (Å²) in [4.78, 5) is 23.1. The van der Waals surface area contributed by atoms with Crippen molar-refractivity contribution in [3.63, 3.8) is 0 Å². The van der Waals surface area contributed by atoms with Gasteiger partial charge in [-0.3, -0.25) is 19.2 Å². The number of rotatable bonds is 7. The molecular weight excluding hydrogens is 370 g/mol. The minimum Gasteiger partial charge on any atom is -0.324 e. The molecule has 0 saturated carbocycles. The number of para-hydroxylation sites is 1. The zero-order valence-electron chi connectivity index (χ0n) is 15.2. The predicted molar refractivity (Wildman–Crippen MR) is 104 cm³/mol. The summed E-state index contributed by atoms with van der Waals surface area (Å²) < 4.78 is 25.5. The van der Waals surface area contributed by atoms with Gasteiger partial charge in [0.15, 0.2) is 0 Å². The quantitative estimate of drug-likeness (QED) is 0.576. The van der Waals surface area contributed by atoms with E-state index in [9.17, 15) is 23.3 Å². The lowest BCUT2D eigenvalue weighted by atomic mass is 10.1. The summed E-state index contributed by atoms with van der Waals surface area (Å²) in [5, 5.41) is 13.7. The van der Waals surface area contributed by atoms with E-state index in [0.717, 1.165) is 22.2 Å². The van der Waals surface area contributed by atoms with Crippen LogP contribution in [0.5, 0.6) is 0 Å². The number of aryl methyl sites for hydroxylation is 1. The number of sulfonamides is 1. The highest BCUT2D eigenvalue weighted by molar-refractivity contribution is 7.92. The van der Waals surface area contributed by atoms with Crippen molar-refractivity contribution < 1.29 is 18.1 Å². The van der Waals surface area contributed by atoms with Crippen LogP contribution in [0.3, 0.4) is 0 Å². The molecule has 1 amide bonds. The highest BCUT2D eigenvalue weighted by atomic mass is 32.2. The average Bonchev–Trinajstić information content (AvgIpc) is 2.61. The first-order valence-electron chi connectivity index (χ1n) is 8.27. The molecule has 0 aliphatic rings. The van der Waals surface area contributed by atoms with Gasteiger partial charge >= 0.3 is 0 Å². The van der Waals surface area contributed by atoms with Crippen molar-refractivity contribution in [2.24, 2.45) is 0 Å². The predicted octanol–water partition coefficient (Wildman–Crippen LogP) is 2.95. The maximum absolute atomic E-state index is 12.7. The highest BCUT2D eigenvalue weighted by Gasteiger charge is 2.30. The van der Waals surface area contributed by atoms with Gasteiger partial charge in [0.2, 0.25) is 15.9 Å². The largest absolute Gasteiger partial charge is 0.324 e. The van der Waals surface area contributed by atoms with E-state index in [1.54, 1.807) is 12.1 Å². The molecule has 0 fully saturated rings. The molecule has 8 nitrogen and oxygen atoms in total. The molecule has 1 N–H and O–H groups in total. The Balaban J connectivity index is 2.38. The lowest BCUT2D eigenvalue weighted by Gasteiger charge is -2.28. The van der Waals surface area contributed by atoms with E-state index in [0.29, 0.717) is 12.1 Å². The molecule has 2 rings (SSSR count). The summed E-state index contributed by atoms with van der Waals surface area (Å²) in [6, 6.07) is 11.3. The van der Waals surface area contributed by atoms with Crippen molar-refractivity contribution in [2.75, 3.05) is 15.9 Å². The molecule has 2 aromatic rings. The van der Waals surface area contributed by atoms with Crippen LogP contribution in [0.2, 0.25) is 0 Å². The van der Waals surface area contributed by atoms with Gasteiger partial charge in [-0.2, -0.15) is 0 Å². The van der Waals surface area contributed by atoms with Crippen molar-refractivity contribution in [3.05, 3.63) is 64.2 Å². The fraction of sp³-hybridized carbons (Fsp3) is 0.278. The van der Waals surface area contributed by atoms with Gasteiger partial charge in [-0.05, 0) is 31.0 Å². The zero-order valence-corrected chi connectivity index (χ0v) is 16.1. The number of amides is 1. The van der Waals surface area contributed by atoms with Crippen LogP contribution < -0.4 is 9.62 Å². The number of carbonyl (C=O) groups is 1. The van der Waals surface area contributed by atoms with Crippen LogP contribution in [0.25, 0.3) is 0 Å². The third-order valence-corrected chi connectivity index (χ3v) is 5.28. The topological polar surface area (TPSA) is 110 Å². The fourth-order valence-corrected chi connectivity index (χ4v) is 3.91. The molecule has 0 heterocycles. The Morgan fingerprint density at radius 1 is 1.22 bits per heavy atom. The minimum absolute atomic E-state index is 0.0538. The first-order valence-corrected chi connectivity index (χ1v) is 10.1. The highest BCUT2D eigenvalue weighted by Crippen LogP contribution is 2.26. The maximum atomic E-state index is 12.7. The number of nitro benzene ring substituents is 1. The second-order valence-electron chi connectivity index (χ2n) is 6.01.